The topological polar surface area (TPSA) is 133 Å². The summed E-state index contributed by atoms with van der Waals surface area (Å²) in [6, 6.07) is 8.04. The van der Waals surface area contributed by atoms with E-state index >= 15 is 0 Å². The number of amides is 2. The van der Waals surface area contributed by atoms with E-state index in [0.717, 1.165) is 66.4 Å². The molecule has 202 valence electrons. The molecule has 4 N–H and O–H groups in total. The number of benzene rings is 1. The van der Waals surface area contributed by atoms with Gasteiger partial charge in [0.1, 0.15) is 11.3 Å². The van der Waals surface area contributed by atoms with Gasteiger partial charge in [-0.2, -0.15) is 0 Å². The summed E-state index contributed by atoms with van der Waals surface area (Å²) in [6.07, 6.45) is 5.46. The Bertz CT molecular complexity index is 1160. The normalized spacial score (nSPS) is 11.3. The molecule has 1 aromatic carbocycles. The molecule has 3 rings (SSSR count). The van der Waals surface area contributed by atoms with E-state index < -0.39 is 0 Å². The number of aryl methyl sites for hydroxylation is 2. The fourth-order valence-electron chi connectivity index (χ4n) is 4.16. The molecular weight excluding hydrogens is 472 g/mol. The molecular formula is C27H40N6O4. The molecule has 0 aliphatic rings. The lowest BCUT2D eigenvalue weighted by Gasteiger charge is -2.11. The van der Waals surface area contributed by atoms with E-state index in [-0.39, 0.29) is 11.8 Å². The molecule has 0 aliphatic carbocycles. The number of pyridine rings is 1. The number of carbonyl (C=O) groups is 2. The van der Waals surface area contributed by atoms with E-state index in [1.54, 1.807) is 7.05 Å². The molecule has 2 amide bonds. The van der Waals surface area contributed by atoms with E-state index in [1.807, 2.05) is 18.2 Å². The van der Waals surface area contributed by atoms with Crippen molar-refractivity contribution in [2.24, 2.45) is 0 Å². The van der Waals surface area contributed by atoms with Crippen LogP contribution in [0.15, 0.2) is 24.3 Å². The van der Waals surface area contributed by atoms with Crippen molar-refractivity contribution in [2.45, 2.75) is 58.4 Å². The largest absolute Gasteiger partial charge is 0.382 e. The number of anilines is 1. The van der Waals surface area contributed by atoms with Gasteiger partial charge in [-0.25, -0.2) is 9.97 Å². The summed E-state index contributed by atoms with van der Waals surface area (Å²) in [7, 11) is 1.60. The standard InChI is InChI=1S/C27H40N6O4/c1-3-4-11-22-32-25-26(20-9-5-6-10-21(20)31-27(25)28)33(22)15-8-7-14-30-24(35)13-17-37-19-18-36-16-12-23(34)29-2/h5-6,9-10H,3-4,7-8,11-19H2,1-2H3,(H2,28,31)(H,29,34)(H,30,35). The molecule has 37 heavy (non-hydrogen) atoms. The number of para-hydroxylation sites is 1. The number of hydrogen-bond acceptors (Lipinski definition) is 7. The fourth-order valence-corrected chi connectivity index (χ4v) is 4.16. The van der Waals surface area contributed by atoms with Gasteiger partial charge in [-0.05, 0) is 25.3 Å². The third-order valence-electron chi connectivity index (χ3n) is 6.17. The van der Waals surface area contributed by atoms with Gasteiger partial charge in [-0.3, -0.25) is 9.59 Å². The highest BCUT2D eigenvalue weighted by molar-refractivity contribution is 6.06. The zero-order chi connectivity index (χ0) is 26.5. The monoisotopic (exact) mass is 512 g/mol. The van der Waals surface area contributed by atoms with Gasteiger partial charge in [-0.1, -0.05) is 31.5 Å². The van der Waals surface area contributed by atoms with Crippen LogP contribution < -0.4 is 16.4 Å². The number of aromatic nitrogens is 3. The molecule has 2 aromatic heterocycles. The third kappa shape index (κ3) is 8.40. The highest BCUT2D eigenvalue weighted by Crippen LogP contribution is 2.29. The Labute approximate surface area is 218 Å². The molecule has 0 saturated carbocycles. The van der Waals surface area contributed by atoms with E-state index in [9.17, 15) is 9.59 Å². The molecule has 0 spiro atoms. The lowest BCUT2D eigenvalue weighted by molar-refractivity contribution is -0.123. The van der Waals surface area contributed by atoms with Gasteiger partial charge in [0.2, 0.25) is 11.8 Å². The van der Waals surface area contributed by atoms with Crippen molar-refractivity contribution in [3.8, 4) is 0 Å². The van der Waals surface area contributed by atoms with Gasteiger partial charge in [0.05, 0.1) is 37.5 Å². The molecule has 0 unspecified atom stereocenters. The molecule has 0 saturated heterocycles. The summed E-state index contributed by atoms with van der Waals surface area (Å²) in [5, 5.41) is 6.57. The van der Waals surface area contributed by atoms with Gasteiger partial charge in [-0.15, -0.1) is 0 Å². The molecule has 0 atom stereocenters. The van der Waals surface area contributed by atoms with Crippen molar-refractivity contribution in [3.63, 3.8) is 0 Å². The average molecular weight is 513 g/mol. The van der Waals surface area contributed by atoms with E-state index in [2.05, 4.69) is 33.2 Å². The minimum atomic E-state index is -0.0524. The van der Waals surface area contributed by atoms with Crippen LogP contribution in [0.2, 0.25) is 0 Å². The van der Waals surface area contributed by atoms with Crippen LogP contribution in [0.4, 0.5) is 5.82 Å². The fraction of sp³-hybridized carbons (Fsp3) is 0.556. The van der Waals surface area contributed by atoms with Crippen molar-refractivity contribution >= 4 is 39.6 Å². The first-order valence-electron chi connectivity index (χ1n) is 13.2. The quantitative estimate of drug-likeness (QED) is 0.237. The molecule has 2 heterocycles. The van der Waals surface area contributed by atoms with Crippen LogP contribution in [0.5, 0.6) is 0 Å². The number of fused-ring (bicyclic) bond motifs is 3. The number of unbranched alkanes of at least 4 members (excludes halogenated alkanes) is 2. The molecule has 0 fully saturated rings. The second-order valence-electron chi connectivity index (χ2n) is 8.95. The van der Waals surface area contributed by atoms with E-state index in [0.29, 0.717) is 51.6 Å². The Kier molecular flexibility index (Phi) is 11.6. The minimum absolute atomic E-state index is 0.0258. The van der Waals surface area contributed by atoms with Gasteiger partial charge >= 0.3 is 0 Å². The number of rotatable bonds is 17. The predicted molar refractivity (Wildman–Crippen MR) is 145 cm³/mol. The summed E-state index contributed by atoms with van der Waals surface area (Å²) >= 11 is 0. The van der Waals surface area contributed by atoms with Crippen LogP contribution in [0, 0.1) is 0 Å². The summed E-state index contributed by atoms with van der Waals surface area (Å²) in [4.78, 5) is 32.6. The zero-order valence-corrected chi connectivity index (χ0v) is 22.1. The summed E-state index contributed by atoms with van der Waals surface area (Å²) in [5.41, 5.74) is 8.97. The first-order chi connectivity index (χ1) is 18.0. The van der Waals surface area contributed by atoms with Crippen molar-refractivity contribution in [1.82, 2.24) is 25.2 Å². The Balaban J connectivity index is 1.42. The summed E-state index contributed by atoms with van der Waals surface area (Å²) in [6.45, 7) is 5.10. The molecule has 0 bridgehead atoms. The van der Waals surface area contributed by atoms with Gasteiger partial charge in [0.25, 0.3) is 0 Å². The van der Waals surface area contributed by atoms with Crippen molar-refractivity contribution in [1.29, 1.82) is 0 Å². The number of nitrogens with two attached hydrogens (primary N) is 1. The maximum Gasteiger partial charge on any atom is 0.222 e. The molecule has 0 radical (unpaired) electrons. The van der Waals surface area contributed by atoms with Crippen LogP contribution in [0.3, 0.4) is 0 Å². The smallest absolute Gasteiger partial charge is 0.222 e. The zero-order valence-electron chi connectivity index (χ0n) is 22.1. The van der Waals surface area contributed by atoms with E-state index in [4.69, 9.17) is 20.2 Å². The van der Waals surface area contributed by atoms with Crippen LogP contribution in [0.1, 0.15) is 51.3 Å². The predicted octanol–water partition coefficient (Wildman–Crippen LogP) is 2.97. The SMILES string of the molecule is CCCCc1nc2c(N)nc3ccccc3c2n1CCCCNC(=O)CCOCCOCCC(=O)NC. The molecule has 3 aromatic rings. The Hall–Kier alpha value is -3.24. The highest BCUT2D eigenvalue weighted by Gasteiger charge is 2.16. The molecule has 0 aliphatic heterocycles. The van der Waals surface area contributed by atoms with Crippen molar-refractivity contribution in [2.75, 3.05) is 45.8 Å². The van der Waals surface area contributed by atoms with Gasteiger partial charge in [0.15, 0.2) is 5.82 Å². The number of ether oxygens (including phenoxy) is 2. The Morgan fingerprint density at radius 1 is 0.973 bits per heavy atom. The first kappa shape index (κ1) is 28.3. The Morgan fingerprint density at radius 2 is 1.70 bits per heavy atom. The number of nitrogens with zero attached hydrogens (tertiary/aromatic N) is 3. The maximum absolute atomic E-state index is 12.1. The first-order valence-corrected chi connectivity index (χ1v) is 13.2. The third-order valence-corrected chi connectivity index (χ3v) is 6.17. The lowest BCUT2D eigenvalue weighted by atomic mass is 10.2. The molecule has 10 nitrogen and oxygen atoms in total. The number of hydrogen-bond donors (Lipinski definition) is 3. The second kappa shape index (κ2) is 15.1. The highest BCUT2D eigenvalue weighted by atomic mass is 16.5. The van der Waals surface area contributed by atoms with Gasteiger partial charge < -0.3 is 30.4 Å². The number of carbonyl (C=O) groups excluding carboxylic acids is 2. The summed E-state index contributed by atoms with van der Waals surface area (Å²) in [5.74, 6) is 1.43. The minimum Gasteiger partial charge on any atom is -0.382 e. The van der Waals surface area contributed by atoms with Crippen LogP contribution in [-0.4, -0.2) is 66.4 Å². The van der Waals surface area contributed by atoms with Crippen LogP contribution in [-0.2, 0) is 32.0 Å². The average Bonchev–Trinajstić information content (AvgIpc) is 3.27. The molecule has 10 heteroatoms. The van der Waals surface area contributed by atoms with Crippen LogP contribution >= 0.6 is 0 Å². The summed E-state index contributed by atoms with van der Waals surface area (Å²) < 4.78 is 13.0. The maximum atomic E-state index is 12.1. The second-order valence-corrected chi connectivity index (χ2v) is 8.95. The number of imidazole rings is 1. The van der Waals surface area contributed by atoms with E-state index in [1.165, 1.54) is 0 Å². The van der Waals surface area contributed by atoms with Crippen LogP contribution in [0.25, 0.3) is 21.9 Å². The Morgan fingerprint density at radius 3 is 2.43 bits per heavy atom. The number of nitrogens with one attached hydrogen (secondary N) is 2. The van der Waals surface area contributed by atoms with Crippen molar-refractivity contribution < 1.29 is 19.1 Å². The number of nitrogen functional groups attached to an aromatic ring is 1. The van der Waals surface area contributed by atoms with Crippen molar-refractivity contribution in [3.05, 3.63) is 30.1 Å². The van der Waals surface area contributed by atoms with Gasteiger partial charge in [0, 0.05) is 44.8 Å². The lowest BCUT2D eigenvalue weighted by Crippen LogP contribution is -2.26.